The lowest BCUT2D eigenvalue weighted by atomic mass is 10.0. The number of hydrogen-bond acceptors (Lipinski definition) is 5. The van der Waals surface area contributed by atoms with Gasteiger partial charge in [0, 0.05) is 12.8 Å². The van der Waals surface area contributed by atoms with E-state index in [2.05, 4.69) is 37.4 Å². The number of allylic oxidation sites excluding steroid dienone is 4. The molecule has 2 unspecified atom stereocenters. The molecule has 0 heterocycles. The van der Waals surface area contributed by atoms with Crippen LogP contribution in [0.15, 0.2) is 24.3 Å². The van der Waals surface area contributed by atoms with Crippen LogP contribution in [-0.4, -0.2) is 47.4 Å². The average molecular weight is 846 g/mol. The smallest absolute Gasteiger partial charge is 0.305 e. The van der Waals surface area contributed by atoms with Crippen LogP contribution in [0.2, 0.25) is 0 Å². The second-order valence-electron chi connectivity index (χ2n) is 18.2. The second kappa shape index (κ2) is 50.0. The standard InChI is InChI=1S/C54H103NO5/c1-3-5-7-9-11-13-15-17-19-20-24-28-32-36-40-44-48-54(59)60-49-45-41-37-33-29-25-21-23-27-31-35-39-43-47-53(58)55-51(50-56)52(57)46-42-38-34-30-26-22-18-16-14-12-10-8-6-4-2/h23,27,35,39,51-52,56-57H,3-22,24-26,28-34,36-38,40-50H2,1-2H3,(H,55,58)/b27-23-,39-35-. The fourth-order valence-electron chi connectivity index (χ4n) is 8.16. The van der Waals surface area contributed by atoms with Crippen molar-refractivity contribution in [3.8, 4) is 0 Å². The van der Waals surface area contributed by atoms with Crippen molar-refractivity contribution in [1.82, 2.24) is 5.32 Å². The van der Waals surface area contributed by atoms with Crippen LogP contribution in [0.3, 0.4) is 0 Å². The lowest BCUT2D eigenvalue weighted by Gasteiger charge is -2.22. The minimum atomic E-state index is -0.698. The van der Waals surface area contributed by atoms with Gasteiger partial charge in [0.25, 0.3) is 0 Å². The number of esters is 1. The summed E-state index contributed by atoms with van der Waals surface area (Å²) < 4.78 is 5.46. The van der Waals surface area contributed by atoms with Gasteiger partial charge in [-0.15, -0.1) is 0 Å². The Hall–Kier alpha value is -1.66. The van der Waals surface area contributed by atoms with Crippen molar-refractivity contribution >= 4 is 11.9 Å². The van der Waals surface area contributed by atoms with Gasteiger partial charge in [-0.25, -0.2) is 0 Å². The van der Waals surface area contributed by atoms with Gasteiger partial charge in [-0.05, 0) is 44.9 Å². The summed E-state index contributed by atoms with van der Waals surface area (Å²) in [7, 11) is 0. The molecule has 60 heavy (non-hydrogen) atoms. The summed E-state index contributed by atoms with van der Waals surface area (Å²) in [4.78, 5) is 24.4. The Morgan fingerprint density at radius 2 is 0.850 bits per heavy atom. The van der Waals surface area contributed by atoms with Gasteiger partial charge >= 0.3 is 5.97 Å². The molecule has 0 radical (unpaired) electrons. The van der Waals surface area contributed by atoms with Crippen molar-refractivity contribution in [2.45, 2.75) is 296 Å². The van der Waals surface area contributed by atoms with Crippen LogP contribution in [0.4, 0.5) is 0 Å². The zero-order chi connectivity index (χ0) is 43.7. The molecule has 0 rings (SSSR count). The van der Waals surface area contributed by atoms with E-state index in [1.165, 1.54) is 193 Å². The number of carbonyl (C=O) groups excluding carboxylic acids is 2. The molecule has 0 aromatic rings. The molecule has 3 N–H and O–H groups in total. The van der Waals surface area contributed by atoms with E-state index in [1.54, 1.807) is 0 Å². The monoisotopic (exact) mass is 846 g/mol. The molecular formula is C54H103NO5. The first-order chi connectivity index (χ1) is 29.5. The minimum Gasteiger partial charge on any atom is -0.466 e. The summed E-state index contributed by atoms with van der Waals surface area (Å²) in [6.45, 7) is 4.90. The van der Waals surface area contributed by atoms with Crippen LogP contribution in [0, 0.1) is 0 Å². The third kappa shape index (κ3) is 45.9. The lowest BCUT2D eigenvalue weighted by Crippen LogP contribution is -2.45. The number of hydrogen-bond donors (Lipinski definition) is 3. The Balaban J connectivity index is 3.52. The van der Waals surface area contributed by atoms with Gasteiger partial charge in [0.05, 0.1) is 25.4 Å². The molecule has 0 aromatic heterocycles. The highest BCUT2D eigenvalue weighted by atomic mass is 16.5. The van der Waals surface area contributed by atoms with Crippen LogP contribution in [0.5, 0.6) is 0 Å². The van der Waals surface area contributed by atoms with Crippen molar-refractivity contribution in [2.75, 3.05) is 13.2 Å². The number of carbonyl (C=O) groups is 2. The van der Waals surface area contributed by atoms with Crippen molar-refractivity contribution in [3.63, 3.8) is 0 Å². The average Bonchev–Trinajstić information content (AvgIpc) is 3.25. The predicted octanol–water partition coefficient (Wildman–Crippen LogP) is 15.9. The quantitative estimate of drug-likeness (QED) is 0.0322. The third-order valence-electron chi connectivity index (χ3n) is 12.3. The SMILES string of the molecule is CCCCCCCCCCCCCCCCCCC(=O)OCCCCCCCC/C=C\C/C=C\CCC(=O)NC(CO)C(O)CCCCCCCCCCCCCCCC. The number of ether oxygens (including phenoxy) is 1. The summed E-state index contributed by atoms with van der Waals surface area (Å²) in [5, 5.41) is 23.1. The van der Waals surface area contributed by atoms with E-state index in [0.29, 0.717) is 32.3 Å². The largest absolute Gasteiger partial charge is 0.466 e. The fourth-order valence-corrected chi connectivity index (χ4v) is 8.16. The van der Waals surface area contributed by atoms with Gasteiger partial charge in [-0.3, -0.25) is 9.59 Å². The highest BCUT2D eigenvalue weighted by Crippen LogP contribution is 2.16. The first-order valence-corrected chi connectivity index (χ1v) is 26.6. The van der Waals surface area contributed by atoms with Gasteiger partial charge < -0.3 is 20.3 Å². The number of unbranched alkanes of at least 4 members (excludes halogenated alkanes) is 34. The molecule has 1 amide bonds. The van der Waals surface area contributed by atoms with E-state index >= 15 is 0 Å². The minimum absolute atomic E-state index is 0.0136. The molecule has 0 aliphatic rings. The molecule has 0 aliphatic heterocycles. The number of rotatable bonds is 49. The van der Waals surface area contributed by atoms with Gasteiger partial charge in [-0.1, -0.05) is 250 Å². The van der Waals surface area contributed by atoms with E-state index in [9.17, 15) is 19.8 Å². The Morgan fingerprint density at radius 3 is 1.30 bits per heavy atom. The molecule has 6 heteroatoms. The maximum Gasteiger partial charge on any atom is 0.305 e. The van der Waals surface area contributed by atoms with Crippen LogP contribution in [-0.2, 0) is 14.3 Å². The van der Waals surface area contributed by atoms with Crippen LogP contribution >= 0.6 is 0 Å². The van der Waals surface area contributed by atoms with Crippen LogP contribution in [0.1, 0.15) is 284 Å². The molecule has 0 aliphatic carbocycles. The van der Waals surface area contributed by atoms with Crippen molar-refractivity contribution in [2.24, 2.45) is 0 Å². The number of aliphatic hydroxyl groups is 2. The second-order valence-corrected chi connectivity index (χ2v) is 18.2. The van der Waals surface area contributed by atoms with Crippen molar-refractivity contribution in [3.05, 3.63) is 24.3 Å². The highest BCUT2D eigenvalue weighted by molar-refractivity contribution is 5.76. The summed E-state index contributed by atoms with van der Waals surface area (Å²) >= 11 is 0. The van der Waals surface area contributed by atoms with Gasteiger partial charge in [0.15, 0.2) is 0 Å². The molecule has 0 fully saturated rings. The van der Waals surface area contributed by atoms with Crippen molar-refractivity contribution in [1.29, 1.82) is 0 Å². The molecule has 0 aromatic carbocycles. The lowest BCUT2D eigenvalue weighted by molar-refractivity contribution is -0.143. The first-order valence-electron chi connectivity index (χ1n) is 26.6. The number of nitrogens with one attached hydrogen (secondary N) is 1. The highest BCUT2D eigenvalue weighted by Gasteiger charge is 2.19. The maximum absolute atomic E-state index is 12.4. The first kappa shape index (κ1) is 58.3. The summed E-state index contributed by atoms with van der Waals surface area (Å²) in [6.07, 6.45) is 58.8. The van der Waals surface area contributed by atoms with E-state index in [0.717, 1.165) is 51.4 Å². The molecular weight excluding hydrogens is 743 g/mol. The van der Waals surface area contributed by atoms with E-state index in [4.69, 9.17) is 4.74 Å². The predicted molar refractivity (Wildman–Crippen MR) is 260 cm³/mol. The summed E-state index contributed by atoms with van der Waals surface area (Å²) in [6, 6.07) is -0.584. The van der Waals surface area contributed by atoms with Crippen molar-refractivity contribution < 1.29 is 24.5 Å². The topological polar surface area (TPSA) is 95.9 Å². The normalized spacial score (nSPS) is 12.8. The molecule has 354 valence electrons. The van der Waals surface area contributed by atoms with E-state index in [-0.39, 0.29) is 18.5 Å². The maximum atomic E-state index is 12.4. The molecule has 0 bridgehead atoms. The van der Waals surface area contributed by atoms with Crippen LogP contribution < -0.4 is 5.32 Å². The number of aliphatic hydroxyl groups excluding tert-OH is 2. The summed E-state index contributed by atoms with van der Waals surface area (Å²) in [5.41, 5.74) is 0. The molecule has 0 saturated carbocycles. The van der Waals surface area contributed by atoms with Gasteiger partial charge in [0.1, 0.15) is 0 Å². The molecule has 0 saturated heterocycles. The van der Waals surface area contributed by atoms with Crippen LogP contribution in [0.25, 0.3) is 0 Å². The zero-order valence-electron chi connectivity index (χ0n) is 40.2. The van der Waals surface area contributed by atoms with Gasteiger partial charge in [-0.2, -0.15) is 0 Å². The van der Waals surface area contributed by atoms with E-state index in [1.807, 2.05) is 6.08 Å². The molecule has 0 spiro atoms. The Labute approximate surface area is 373 Å². The van der Waals surface area contributed by atoms with Gasteiger partial charge in [0.2, 0.25) is 5.91 Å². The molecule has 6 nitrogen and oxygen atoms in total. The zero-order valence-corrected chi connectivity index (χ0v) is 40.2. The van der Waals surface area contributed by atoms with E-state index < -0.39 is 12.1 Å². The number of amides is 1. The Morgan fingerprint density at radius 1 is 0.467 bits per heavy atom. The third-order valence-corrected chi connectivity index (χ3v) is 12.3. The Kier molecular flexibility index (Phi) is 48.6. The molecule has 2 atom stereocenters. The summed E-state index contributed by atoms with van der Waals surface area (Å²) in [5.74, 6) is -0.128. The fraction of sp³-hybridized carbons (Fsp3) is 0.889. The Bertz CT molecular complexity index is 935.